The van der Waals surface area contributed by atoms with Gasteiger partial charge in [-0.1, -0.05) is 6.57 Å². The zero-order valence-corrected chi connectivity index (χ0v) is 6.90. The van der Waals surface area contributed by atoms with Crippen molar-refractivity contribution in [1.29, 1.82) is 0 Å². The number of hydrogen-bond acceptors (Lipinski definition) is 4. The van der Waals surface area contributed by atoms with Crippen molar-refractivity contribution in [3.05, 3.63) is 23.8 Å². The maximum absolute atomic E-state index is 6.75. The fourth-order valence-electron chi connectivity index (χ4n) is 0.972. The second-order valence-corrected chi connectivity index (χ2v) is 2.72. The molecule has 1 aliphatic heterocycles. The molecule has 1 fully saturated rings. The molecule has 0 saturated carbocycles. The van der Waals surface area contributed by atoms with Gasteiger partial charge >= 0.3 is 0 Å². The average Bonchev–Trinajstić information content (AvgIpc) is 2.12. The highest BCUT2D eigenvalue weighted by Gasteiger charge is 2.18. The fraction of sp³-hybridized carbons (Fsp3) is 0.375. The van der Waals surface area contributed by atoms with Gasteiger partial charge in [0, 0.05) is 19.2 Å². The molecule has 0 spiro atoms. The van der Waals surface area contributed by atoms with Crippen LogP contribution < -0.4 is 10.1 Å². The van der Waals surface area contributed by atoms with E-state index in [1.165, 1.54) is 6.33 Å². The molecule has 0 aliphatic carbocycles. The molecule has 0 unspecified atom stereocenters. The summed E-state index contributed by atoms with van der Waals surface area (Å²) >= 11 is 0. The van der Waals surface area contributed by atoms with Crippen LogP contribution in [0.5, 0.6) is 5.88 Å². The SMILES string of the molecule is [C-]#[N+]c1cc(OC2CNC2)ncn1. The minimum Gasteiger partial charge on any atom is -0.472 e. The van der Waals surface area contributed by atoms with E-state index in [4.69, 9.17) is 11.3 Å². The lowest BCUT2D eigenvalue weighted by molar-refractivity contribution is 0.136. The van der Waals surface area contributed by atoms with Gasteiger partial charge in [0.25, 0.3) is 5.82 Å². The van der Waals surface area contributed by atoms with Crippen LogP contribution in [0.2, 0.25) is 0 Å². The van der Waals surface area contributed by atoms with Crippen molar-refractivity contribution in [2.45, 2.75) is 6.10 Å². The Kier molecular flexibility index (Phi) is 2.06. The normalized spacial score (nSPS) is 15.9. The van der Waals surface area contributed by atoms with Gasteiger partial charge in [-0.15, -0.1) is 4.98 Å². The molecule has 0 bridgehead atoms. The van der Waals surface area contributed by atoms with Crippen LogP contribution in [-0.2, 0) is 0 Å². The molecule has 2 rings (SSSR count). The Bertz CT molecular complexity index is 342. The van der Waals surface area contributed by atoms with Crippen molar-refractivity contribution in [3.63, 3.8) is 0 Å². The van der Waals surface area contributed by atoms with Crippen molar-refractivity contribution >= 4 is 5.82 Å². The monoisotopic (exact) mass is 176 g/mol. The van der Waals surface area contributed by atoms with Crippen molar-refractivity contribution in [3.8, 4) is 5.88 Å². The van der Waals surface area contributed by atoms with E-state index in [-0.39, 0.29) is 6.10 Å². The topological polar surface area (TPSA) is 51.4 Å². The summed E-state index contributed by atoms with van der Waals surface area (Å²) in [6.07, 6.45) is 1.53. The molecule has 5 heteroatoms. The second kappa shape index (κ2) is 3.37. The zero-order chi connectivity index (χ0) is 9.10. The molecule has 1 aliphatic rings. The van der Waals surface area contributed by atoms with Crippen LogP contribution in [0, 0.1) is 6.57 Å². The Morgan fingerprint density at radius 2 is 2.38 bits per heavy atom. The summed E-state index contributed by atoms with van der Waals surface area (Å²) in [5, 5.41) is 3.08. The third-order valence-corrected chi connectivity index (χ3v) is 1.77. The molecule has 1 N–H and O–H groups in total. The maximum atomic E-state index is 6.75. The third kappa shape index (κ3) is 1.73. The van der Waals surface area contributed by atoms with E-state index in [1.54, 1.807) is 6.07 Å². The van der Waals surface area contributed by atoms with Gasteiger partial charge in [-0.25, -0.2) is 0 Å². The van der Waals surface area contributed by atoms with Gasteiger partial charge < -0.3 is 14.9 Å². The van der Waals surface area contributed by atoms with Gasteiger partial charge in [0.05, 0.1) is 0 Å². The molecular formula is C8H8N4O. The summed E-state index contributed by atoms with van der Waals surface area (Å²) in [5.74, 6) is 0.796. The lowest BCUT2D eigenvalue weighted by Crippen LogP contribution is -2.50. The summed E-state index contributed by atoms with van der Waals surface area (Å²) in [7, 11) is 0. The van der Waals surface area contributed by atoms with E-state index in [0.717, 1.165) is 13.1 Å². The standard InChI is InChI=1S/C8H8N4O/c1-9-7-2-8(12-5-11-7)13-6-3-10-4-6/h2,5-6,10H,3-4H2. The number of ether oxygens (including phenoxy) is 1. The summed E-state index contributed by atoms with van der Waals surface area (Å²) < 4.78 is 5.44. The molecular weight excluding hydrogens is 168 g/mol. The molecule has 0 aromatic carbocycles. The first-order valence-electron chi connectivity index (χ1n) is 3.95. The van der Waals surface area contributed by atoms with Gasteiger partial charge in [-0.05, 0) is 0 Å². The second-order valence-electron chi connectivity index (χ2n) is 2.72. The van der Waals surface area contributed by atoms with E-state index in [1.807, 2.05) is 0 Å². The molecule has 0 amide bonds. The summed E-state index contributed by atoms with van der Waals surface area (Å²) in [6, 6.07) is 1.55. The van der Waals surface area contributed by atoms with E-state index >= 15 is 0 Å². The van der Waals surface area contributed by atoms with Gasteiger partial charge in [-0.2, -0.15) is 4.98 Å². The largest absolute Gasteiger partial charge is 0.472 e. The molecule has 2 heterocycles. The van der Waals surface area contributed by atoms with Crippen molar-refractivity contribution in [2.75, 3.05) is 13.1 Å². The Labute approximate surface area is 75.6 Å². The van der Waals surface area contributed by atoms with Gasteiger partial charge in [-0.3, -0.25) is 0 Å². The number of nitrogens with zero attached hydrogens (tertiary/aromatic N) is 3. The minimum atomic E-state index is 0.188. The van der Waals surface area contributed by atoms with Crippen LogP contribution in [0.25, 0.3) is 4.85 Å². The van der Waals surface area contributed by atoms with Crippen LogP contribution in [0.15, 0.2) is 12.4 Å². The van der Waals surface area contributed by atoms with Crippen LogP contribution in [0.1, 0.15) is 0 Å². The quantitative estimate of drug-likeness (QED) is 0.662. The molecule has 1 aromatic heterocycles. The van der Waals surface area contributed by atoms with Crippen LogP contribution in [0.4, 0.5) is 5.82 Å². The predicted molar refractivity (Wildman–Crippen MR) is 45.6 cm³/mol. The van der Waals surface area contributed by atoms with Gasteiger partial charge in [0.1, 0.15) is 6.10 Å². The number of rotatable bonds is 2. The lowest BCUT2D eigenvalue weighted by Gasteiger charge is -2.26. The first-order chi connectivity index (χ1) is 6.38. The highest BCUT2D eigenvalue weighted by molar-refractivity contribution is 5.37. The van der Waals surface area contributed by atoms with E-state index in [0.29, 0.717) is 11.7 Å². The molecule has 0 atom stereocenters. The Hall–Kier alpha value is -1.67. The van der Waals surface area contributed by atoms with Crippen molar-refractivity contribution < 1.29 is 4.74 Å². The highest BCUT2D eigenvalue weighted by atomic mass is 16.5. The zero-order valence-electron chi connectivity index (χ0n) is 6.90. The Morgan fingerprint density at radius 3 is 3.00 bits per heavy atom. The molecule has 1 saturated heterocycles. The Morgan fingerprint density at radius 1 is 1.54 bits per heavy atom. The number of nitrogens with one attached hydrogen (secondary N) is 1. The molecule has 66 valence electrons. The van der Waals surface area contributed by atoms with E-state index in [2.05, 4.69) is 20.1 Å². The van der Waals surface area contributed by atoms with Gasteiger partial charge in [0.15, 0.2) is 0 Å². The first-order valence-corrected chi connectivity index (χ1v) is 3.95. The van der Waals surface area contributed by atoms with Crippen LogP contribution >= 0.6 is 0 Å². The number of hydrogen-bond donors (Lipinski definition) is 1. The number of aromatic nitrogens is 2. The molecule has 5 nitrogen and oxygen atoms in total. The Balaban J connectivity index is 2.07. The van der Waals surface area contributed by atoms with E-state index in [9.17, 15) is 0 Å². The van der Waals surface area contributed by atoms with E-state index < -0.39 is 0 Å². The smallest absolute Gasteiger partial charge is 0.276 e. The molecule has 0 radical (unpaired) electrons. The van der Waals surface area contributed by atoms with Crippen molar-refractivity contribution in [2.24, 2.45) is 0 Å². The molecule has 13 heavy (non-hydrogen) atoms. The summed E-state index contributed by atoms with van der Waals surface area (Å²) in [4.78, 5) is 10.8. The highest BCUT2D eigenvalue weighted by Crippen LogP contribution is 2.15. The molecule has 1 aromatic rings. The first kappa shape index (κ1) is 7.95. The lowest BCUT2D eigenvalue weighted by atomic mass is 10.2. The summed E-state index contributed by atoms with van der Waals surface area (Å²) in [5.41, 5.74) is 0. The minimum absolute atomic E-state index is 0.188. The van der Waals surface area contributed by atoms with Gasteiger partial charge in [0.2, 0.25) is 12.2 Å². The summed E-state index contributed by atoms with van der Waals surface area (Å²) in [6.45, 7) is 8.44. The predicted octanol–water partition coefficient (Wildman–Crippen LogP) is 0.378. The van der Waals surface area contributed by atoms with Crippen molar-refractivity contribution in [1.82, 2.24) is 15.3 Å². The van der Waals surface area contributed by atoms with Crippen LogP contribution in [0.3, 0.4) is 0 Å². The third-order valence-electron chi connectivity index (χ3n) is 1.77. The van der Waals surface area contributed by atoms with Crippen LogP contribution in [-0.4, -0.2) is 29.2 Å². The fourth-order valence-corrected chi connectivity index (χ4v) is 0.972. The average molecular weight is 176 g/mol. The maximum Gasteiger partial charge on any atom is 0.276 e.